The number of benzene rings is 2. The van der Waals surface area contributed by atoms with Gasteiger partial charge in [0.15, 0.2) is 0 Å². The SMILES string of the molecule is N=Nc1nn(-c2ccccc2)n[n+]1-c1ccccc1. The molecule has 0 fully saturated rings. The molecule has 1 N–H and O–H groups in total. The summed E-state index contributed by atoms with van der Waals surface area (Å²) in [6, 6.07) is 19.0. The van der Waals surface area contributed by atoms with Crippen LogP contribution in [0.3, 0.4) is 0 Å². The van der Waals surface area contributed by atoms with Gasteiger partial charge in [-0.3, -0.25) is 0 Å². The van der Waals surface area contributed by atoms with E-state index in [2.05, 4.69) is 15.4 Å². The third-order valence-corrected chi connectivity index (χ3v) is 2.64. The quantitative estimate of drug-likeness (QED) is 0.572. The minimum atomic E-state index is 0.232. The summed E-state index contributed by atoms with van der Waals surface area (Å²) in [5, 5.41) is 11.9. The van der Waals surface area contributed by atoms with Gasteiger partial charge in [0.2, 0.25) is 0 Å². The molecular weight excluding hydrogens is 240 g/mol. The van der Waals surface area contributed by atoms with Crippen LogP contribution < -0.4 is 4.68 Å². The van der Waals surface area contributed by atoms with Crippen molar-refractivity contribution >= 4 is 5.95 Å². The average Bonchev–Trinajstić information content (AvgIpc) is 2.93. The summed E-state index contributed by atoms with van der Waals surface area (Å²) in [5.41, 5.74) is 8.83. The monoisotopic (exact) mass is 251 g/mol. The van der Waals surface area contributed by atoms with Gasteiger partial charge in [0.05, 0.1) is 5.10 Å². The molecule has 3 aromatic rings. The van der Waals surface area contributed by atoms with Crippen LogP contribution in [-0.2, 0) is 0 Å². The second-order valence-corrected chi connectivity index (χ2v) is 3.87. The third kappa shape index (κ3) is 2.11. The lowest BCUT2D eigenvalue weighted by Crippen LogP contribution is -2.33. The first kappa shape index (κ1) is 11.2. The molecule has 1 aromatic heterocycles. The lowest BCUT2D eigenvalue weighted by atomic mass is 10.3. The zero-order valence-corrected chi connectivity index (χ0v) is 10.0. The van der Waals surface area contributed by atoms with Crippen molar-refractivity contribution < 1.29 is 4.68 Å². The molecule has 0 saturated carbocycles. The van der Waals surface area contributed by atoms with Crippen LogP contribution in [0.25, 0.3) is 11.4 Å². The maximum atomic E-state index is 7.20. The maximum Gasteiger partial charge on any atom is 0.461 e. The summed E-state index contributed by atoms with van der Waals surface area (Å²) >= 11 is 0. The predicted molar refractivity (Wildman–Crippen MR) is 67.7 cm³/mol. The van der Waals surface area contributed by atoms with Crippen molar-refractivity contribution in [3.63, 3.8) is 0 Å². The van der Waals surface area contributed by atoms with Crippen molar-refractivity contribution in [2.75, 3.05) is 0 Å². The van der Waals surface area contributed by atoms with Gasteiger partial charge in [-0.1, -0.05) is 41.1 Å². The molecule has 0 spiro atoms. The lowest BCUT2D eigenvalue weighted by molar-refractivity contribution is -0.649. The van der Waals surface area contributed by atoms with Gasteiger partial charge in [-0.2, -0.15) is 0 Å². The van der Waals surface area contributed by atoms with Crippen molar-refractivity contribution in [3.8, 4) is 11.4 Å². The van der Waals surface area contributed by atoms with E-state index in [1.165, 1.54) is 9.48 Å². The van der Waals surface area contributed by atoms with Gasteiger partial charge in [0.25, 0.3) is 0 Å². The summed E-state index contributed by atoms with van der Waals surface area (Å²) in [7, 11) is 0. The minimum absolute atomic E-state index is 0.232. The van der Waals surface area contributed by atoms with E-state index >= 15 is 0 Å². The number of hydrogen-bond acceptors (Lipinski definition) is 4. The molecule has 0 aliphatic rings. The average molecular weight is 251 g/mol. The highest BCUT2D eigenvalue weighted by Gasteiger charge is 2.20. The largest absolute Gasteiger partial charge is 0.461 e. The first-order chi connectivity index (χ1) is 9.38. The van der Waals surface area contributed by atoms with Crippen LogP contribution in [0.1, 0.15) is 0 Å². The summed E-state index contributed by atoms with van der Waals surface area (Å²) < 4.78 is 1.53. The zero-order chi connectivity index (χ0) is 13.1. The van der Waals surface area contributed by atoms with E-state index in [-0.39, 0.29) is 5.95 Å². The number of rotatable bonds is 3. The van der Waals surface area contributed by atoms with Gasteiger partial charge in [-0.05, 0) is 29.1 Å². The number of aromatic nitrogens is 4. The van der Waals surface area contributed by atoms with Crippen LogP contribution in [-0.4, -0.2) is 15.1 Å². The lowest BCUT2D eigenvalue weighted by Gasteiger charge is -1.93. The summed E-state index contributed by atoms with van der Waals surface area (Å²) in [6.45, 7) is 0. The van der Waals surface area contributed by atoms with Crippen molar-refractivity contribution in [3.05, 3.63) is 60.7 Å². The van der Waals surface area contributed by atoms with Crippen LogP contribution >= 0.6 is 0 Å². The molecule has 2 aromatic carbocycles. The molecule has 0 bridgehead atoms. The first-order valence-electron chi connectivity index (χ1n) is 5.76. The van der Waals surface area contributed by atoms with Gasteiger partial charge in [-0.15, -0.1) is 5.53 Å². The van der Waals surface area contributed by atoms with Crippen LogP contribution in [0.2, 0.25) is 0 Å². The van der Waals surface area contributed by atoms with Gasteiger partial charge < -0.3 is 0 Å². The Bertz CT molecular complexity index is 690. The molecule has 19 heavy (non-hydrogen) atoms. The van der Waals surface area contributed by atoms with Gasteiger partial charge >= 0.3 is 5.95 Å². The number of nitrogens with one attached hydrogen (secondary N) is 1. The number of tetrazole rings is 1. The van der Waals surface area contributed by atoms with Gasteiger partial charge in [0, 0.05) is 10.3 Å². The Morgan fingerprint density at radius 2 is 1.58 bits per heavy atom. The molecule has 92 valence electrons. The fourth-order valence-electron chi connectivity index (χ4n) is 1.75. The second kappa shape index (κ2) is 4.77. The molecule has 0 unspecified atom stereocenters. The molecule has 0 aliphatic heterocycles. The summed E-state index contributed by atoms with van der Waals surface area (Å²) in [4.78, 5) is 1.46. The fraction of sp³-hybridized carbons (Fsp3) is 0. The molecule has 0 amide bonds. The Morgan fingerprint density at radius 1 is 0.947 bits per heavy atom. The van der Waals surface area contributed by atoms with E-state index in [4.69, 9.17) is 5.53 Å². The Hall–Kier alpha value is -2.89. The molecule has 0 saturated heterocycles. The van der Waals surface area contributed by atoms with Crippen molar-refractivity contribution in [2.24, 2.45) is 5.11 Å². The summed E-state index contributed by atoms with van der Waals surface area (Å²) in [6.07, 6.45) is 0. The fourth-order valence-corrected chi connectivity index (χ4v) is 1.75. The smallest absolute Gasteiger partial charge is 0.144 e. The van der Waals surface area contributed by atoms with E-state index in [0.29, 0.717) is 0 Å². The van der Waals surface area contributed by atoms with E-state index < -0.39 is 0 Å². The molecule has 0 aliphatic carbocycles. The van der Waals surface area contributed by atoms with E-state index in [9.17, 15) is 0 Å². The van der Waals surface area contributed by atoms with Crippen molar-refractivity contribution in [2.45, 2.75) is 0 Å². The maximum absolute atomic E-state index is 7.20. The molecule has 6 nitrogen and oxygen atoms in total. The Kier molecular flexibility index (Phi) is 2.82. The number of nitrogens with zero attached hydrogens (tertiary/aromatic N) is 5. The molecule has 0 atom stereocenters. The second-order valence-electron chi connectivity index (χ2n) is 3.87. The summed E-state index contributed by atoms with van der Waals surface area (Å²) in [5.74, 6) is 0.232. The highest BCUT2D eigenvalue weighted by Crippen LogP contribution is 2.08. The van der Waals surface area contributed by atoms with E-state index in [1.807, 2.05) is 60.7 Å². The predicted octanol–water partition coefficient (Wildman–Crippen LogP) is 2.21. The Morgan fingerprint density at radius 3 is 2.21 bits per heavy atom. The van der Waals surface area contributed by atoms with Crippen molar-refractivity contribution in [1.29, 1.82) is 5.53 Å². The van der Waals surface area contributed by atoms with E-state index in [0.717, 1.165) is 11.4 Å². The van der Waals surface area contributed by atoms with E-state index in [1.54, 1.807) is 0 Å². The van der Waals surface area contributed by atoms with Crippen LogP contribution in [0.4, 0.5) is 5.95 Å². The van der Waals surface area contributed by atoms with Crippen LogP contribution in [0.5, 0.6) is 0 Å². The topological polar surface area (TPSA) is 70.8 Å². The molecule has 1 heterocycles. The third-order valence-electron chi connectivity index (χ3n) is 2.64. The Labute approximate surface area is 109 Å². The highest BCUT2D eigenvalue weighted by molar-refractivity contribution is 5.29. The van der Waals surface area contributed by atoms with Crippen molar-refractivity contribution in [1.82, 2.24) is 15.1 Å². The minimum Gasteiger partial charge on any atom is -0.144 e. The Balaban J connectivity index is 2.12. The number of para-hydroxylation sites is 2. The zero-order valence-electron chi connectivity index (χ0n) is 10.0. The van der Waals surface area contributed by atoms with Gasteiger partial charge in [-0.25, -0.2) is 0 Å². The standard InChI is InChI=1S/C13H11N6/c14-15-13-16-19(12-9-5-2-6-10-12)17-18(13)11-7-3-1-4-8-11/h1-10,14H/q+1. The molecule has 3 rings (SSSR count). The van der Waals surface area contributed by atoms with Gasteiger partial charge in [0.1, 0.15) is 11.4 Å². The van der Waals surface area contributed by atoms with Crippen LogP contribution in [0.15, 0.2) is 65.8 Å². The molecule has 6 heteroatoms. The highest BCUT2D eigenvalue weighted by atomic mass is 15.6. The number of hydrogen-bond donors (Lipinski definition) is 1. The van der Waals surface area contributed by atoms with Crippen LogP contribution in [0, 0.1) is 5.53 Å². The molecular formula is C13H11N6+. The first-order valence-corrected chi connectivity index (χ1v) is 5.76. The molecule has 0 radical (unpaired) electrons. The normalized spacial score (nSPS) is 10.3.